The van der Waals surface area contributed by atoms with Crippen molar-refractivity contribution >= 4 is 11.7 Å². The predicted octanol–water partition coefficient (Wildman–Crippen LogP) is 2.65. The predicted molar refractivity (Wildman–Crippen MR) is 75.9 cm³/mol. The van der Waals surface area contributed by atoms with Gasteiger partial charge in [0, 0.05) is 36.6 Å². The van der Waals surface area contributed by atoms with Crippen LogP contribution in [0, 0.1) is 10.1 Å². The summed E-state index contributed by atoms with van der Waals surface area (Å²) in [6.07, 6.45) is 4.33. The van der Waals surface area contributed by atoms with Gasteiger partial charge in [-0.05, 0) is 12.5 Å². The third kappa shape index (κ3) is 3.07. The van der Waals surface area contributed by atoms with Crippen molar-refractivity contribution in [3.8, 4) is 11.4 Å². The molecule has 2 aromatic rings. The van der Waals surface area contributed by atoms with Gasteiger partial charge in [0.05, 0.1) is 17.6 Å². The van der Waals surface area contributed by atoms with E-state index < -0.39 is 10.9 Å². The van der Waals surface area contributed by atoms with E-state index in [1.807, 2.05) is 11.5 Å². The number of nitrogens with zero attached hydrogens (tertiary/aromatic N) is 3. The van der Waals surface area contributed by atoms with Crippen molar-refractivity contribution in [1.82, 2.24) is 9.55 Å². The lowest BCUT2D eigenvalue weighted by Gasteiger charge is -2.08. The van der Waals surface area contributed by atoms with Crippen molar-refractivity contribution in [2.45, 2.75) is 19.9 Å². The molecule has 0 saturated heterocycles. The average Bonchev–Trinajstić information content (AvgIpc) is 2.94. The van der Waals surface area contributed by atoms with Crippen LogP contribution < -0.4 is 0 Å². The summed E-state index contributed by atoms with van der Waals surface area (Å²) in [5.41, 5.74) is 0.481. The highest BCUT2D eigenvalue weighted by atomic mass is 16.6. The molecule has 1 aromatic heterocycles. The van der Waals surface area contributed by atoms with Crippen molar-refractivity contribution in [2.75, 3.05) is 7.11 Å². The number of non-ortho nitro benzene ring substituents is 1. The van der Waals surface area contributed by atoms with Gasteiger partial charge in [0.2, 0.25) is 0 Å². The van der Waals surface area contributed by atoms with E-state index in [0.717, 1.165) is 13.0 Å². The van der Waals surface area contributed by atoms with Gasteiger partial charge in [-0.1, -0.05) is 6.92 Å². The molecule has 7 heteroatoms. The highest BCUT2D eigenvalue weighted by Gasteiger charge is 2.17. The number of rotatable bonds is 5. The summed E-state index contributed by atoms with van der Waals surface area (Å²) < 4.78 is 6.52. The lowest BCUT2D eigenvalue weighted by molar-refractivity contribution is -0.384. The van der Waals surface area contributed by atoms with Crippen molar-refractivity contribution in [1.29, 1.82) is 0 Å². The number of ether oxygens (including phenoxy) is 1. The number of nitro benzene ring substituents is 1. The molecule has 0 atom stereocenters. The van der Waals surface area contributed by atoms with Crippen LogP contribution in [0.25, 0.3) is 11.4 Å². The molecule has 0 spiro atoms. The average molecular weight is 289 g/mol. The number of hydrogen-bond donors (Lipinski definition) is 0. The largest absolute Gasteiger partial charge is 0.465 e. The number of benzene rings is 1. The van der Waals surface area contributed by atoms with E-state index in [1.54, 1.807) is 18.5 Å². The van der Waals surface area contributed by atoms with E-state index in [9.17, 15) is 14.9 Å². The molecule has 0 aliphatic carbocycles. The number of hydrogen-bond acceptors (Lipinski definition) is 5. The number of carbonyl (C=O) groups is 1. The fourth-order valence-corrected chi connectivity index (χ4v) is 2.07. The number of imidazole rings is 1. The second-order valence-electron chi connectivity index (χ2n) is 4.46. The van der Waals surface area contributed by atoms with Crippen LogP contribution in [-0.4, -0.2) is 27.6 Å². The molecule has 1 aromatic carbocycles. The Kier molecular flexibility index (Phi) is 4.32. The highest BCUT2D eigenvalue weighted by Crippen LogP contribution is 2.25. The number of aromatic nitrogens is 2. The Bertz CT molecular complexity index is 679. The maximum atomic E-state index is 11.6. The van der Waals surface area contributed by atoms with Gasteiger partial charge in [0.15, 0.2) is 0 Å². The van der Waals surface area contributed by atoms with E-state index in [-0.39, 0.29) is 11.3 Å². The number of methoxy groups -OCH3 is 1. The van der Waals surface area contributed by atoms with Crippen LogP contribution in [0.3, 0.4) is 0 Å². The second-order valence-corrected chi connectivity index (χ2v) is 4.46. The first-order valence-corrected chi connectivity index (χ1v) is 6.46. The third-order valence-corrected chi connectivity index (χ3v) is 2.99. The molecular weight excluding hydrogens is 274 g/mol. The first kappa shape index (κ1) is 14.7. The highest BCUT2D eigenvalue weighted by molar-refractivity contribution is 5.91. The van der Waals surface area contributed by atoms with Crippen LogP contribution in [0.5, 0.6) is 0 Å². The summed E-state index contributed by atoms with van der Waals surface area (Å²) in [6, 6.07) is 4.15. The standard InChI is InChI=1S/C14H15N3O4/c1-3-5-16-6-4-15-13(16)10-7-11(14(18)21-2)9-12(8-10)17(19)20/h4,6-9H,3,5H2,1-2H3. The Balaban J connectivity index is 2.56. The van der Waals surface area contributed by atoms with E-state index >= 15 is 0 Å². The molecule has 0 aliphatic rings. The number of nitro groups is 1. The zero-order valence-electron chi connectivity index (χ0n) is 11.8. The SMILES string of the molecule is CCCn1ccnc1-c1cc(C(=O)OC)cc([N+](=O)[O-])c1. The zero-order chi connectivity index (χ0) is 15.4. The smallest absolute Gasteiger partial charge is 0.338 e. The molecule has 0 unspecified atom stereocenters. The first-order valence-electron chi connectivity index (χ1n) is 6.46. The van der Waals surface area contributed by atoms with Crippen molar-refractivity contribution < 1.29 is 14.5 Å². The zero-order valence-corrected chi connectivity index (χ0v) is 11.8. The molecule has 110 valence electrons. The van der Waals surface area contributed by atoms with Crippen LogP contribution in [-0.2, 0) is 11.3 Å². The molecule has 0 aliphatic heterocycles. The third-order valence-electron chi connectivity index (χ3n) is 2.99. The van der Waals surface area contributed by atoms with Crippen LogP contribution in [0.4, 0.5) is 5.69 Å². The summed E-state index contributed by atoms with van der Waals surface area (Å²) in [5.74, 6) is -0.0285. The van der Waals surface area contributed by atoms with Crippen molar-refractivity contribution in [2.24, 2.45) is 0 Å². The monoisotopic (exact) mass is 289 g/mol. The molecule has 0 bridgehead atoms. The molecule has 1 heterocycles. The normalized spacial score (nSPS) is 10.4. The molecule has 0 radical (unpaired) electrons. The summed E-state index contributed by atoms with van der Waals surface area (Å²) in [7, 11) is 1.23. The Morgan fingerprint density at radius 3 is 2.81 bits per heavy atom. The van der Waals surface area contributed by atoms with Crippen molar-refractivity contribution in [3.63, 3.8) is 0 Å². The van der Waals surface area contributed by atoms with Gasteiger partial charge in [0.25, 0.3) is 5.69 Å². The lowest BCUT2D eigenvalue weighted by atomic mass is 10.1. The molecular formula is C14H15N3O4. The first-order chi connectivity index (χ1) is 10.1. The Labute approximate surface area is 121 Å². The van der Waals surface area contributed by atoms with Gasteiger partial charge in [-0.2, -0.15) is 0 Å². The molecule has 21 heavy (non-hydrogen) atoms. The Morgan fingerprint density at radius 2 is 2.19 bits per heavy atom. The number of aryl methyl sites for hydroxylation is 1. The number of esters is 1. The van der Waals surface area contributed by atoms with Crippen LogP contribution >= 0.6 is 0 Å². The van der Waals surface area contributed by atoms with Gasteiger partial charge in [-0.25, -0.2) is 9.78 Å². The minimum Gasteiger partial charge on any atom is -0.465 e. The van der Waals surface area contributed by atoms with E-state index in [2.05, 4.69) is 9.72 Å². The minimum atomic E-state index is -0.617. The fraction of sp³-hybridized carbons (Fsp3) is 0.286. The fourth-order valence-electron chi connectivity index (χ4n) is 2.07. The minimum absolute atomic E-state index is 0.132. The van der Waals surface area contributed by atoms with Gasteiger partial charge in [-0.3, -0.25) is 10.1 Å². The molecule has 7 nitrogen and oxygen atoms in total. The summed E-state index contributed by atoms with van der Waals surface area (Å²) >= 11 is 0. The maximum absolute atomic E-state index is 11.6. The van der Waals surface area contributed by atoms with Crippen molar-refractivity contribution in [3.05, 3.63) is 46.3 Å². The summed E-state index contributed by atoms with van der Waals surface area (Å²) in [4.78, 5) is 26.4. The quantitative estimate of drug-likeness (QED) is 0.479. The van der Waals surface area contributed by atoms with Gasteiger partial charge in [0.1, 0.15) is 5.82 Å². The lowest BCUT2D eigenvalue weighted by Crippen LogP contribution is -2.04. The van der Waals surface area contributed by atoms with Gasteiger partial charge >= 0.3 is 5.97 Å². The molecule has 2 rings (SSSR count). The van der Waals surface area contributed by atoms with E-state index in [1.165, 1.54) is 19.2 Å². The topological polar surface area (TPSA) is 87.3 Å². The van der Waals surface area contributed by atoms with E-state index in [4.69, 9.17) is 0 Å². The molecule has 0 N–H and O–H groups in total. The number of carbonyl (C=O) groups excluding carboxylic acids is 1. The summed E-state index contributed by atoms with van der Waals surface area (Å²) in [5, 5.41) is 11.0. The summed E-state index contributed by atoms with van der Waals surface area (Å²) in [6.45, 7) is 2.77. The molecule has 0 amide bonds. The van der Waals surface area contributed by atoms with Crippen LogP contribution in [0.1, 0.15) is 23.7 Å². The maximum Gasteiger partial charge on any atom is 0.338 e. The van der Waals surface area contributed by atoms with Gasteiger partial charge < -0.3 is 9.30 Å². The Morgan fingerprint density at radius 1 is 1.43 bits per heavy atom. The molecule has 0 saturated carbocycles. The van der Waals surface area contributed by atoms with Gasteiger partial charge in [-0.15, -0.1) is 0 Å². The van der Waals surface area contributed by atoms with Crippen LogP contribution in [0.15, 0.2) is 30.6 Å². The molecule has 0 fully saturated rings. The van der Waals surface area contributed by atoms with Crippen LogP contribution in [0.2, 0.25) is 0 Å². The second kappa shape index (κ2) is 6.17. The van der Waals surface area contributed by atoms with E-state index in [0.29, 0.717) is 11.4 Å². The Hall–Kier alpha value is -2.70.